The van der Waals surface area contributed by atoms with E-state index in [0.717, 1.165) is 0 Å². The molecular weight excluding hydrogens is 403 g/mol. The minimum Gasteiger partial charge on any atom is -0.357 e. The summed E-state index contributed by atoms with van der Waals surface area (Å²) in [4.78, 5) is 4.13. The Balaban J connectivity index is 0.00000400. The highest BCUT2D eigenvalue weighted by molar-refractivity contribution is 14.0. The van der Waals surface area contributed by atoms with Crippen LogP contribution in [0.1, 0.15) is 18.9 Å². The predicted molar refractivity (Wildman–Crippen MR) is 98.0 cm³/mol. The van der Waals surface area contributed by atoms with Crippen LogP contribution < -0.4 is 10.6 Å². The third-order valence-electron chi connectivity index (χ3n) is 2.88. The van der Waals surface area contributed by atoms with Crippen LogP contribution in [0.15, 0.2) is 23.5 Å². The van der Waals surface area contributed by atoms with Gasteiger partial charge in [0.2, 0.25) is 0 Å². The van der Waals surface area contributed by atoms with E-state index in [1.807, 2.05) is 37.0 Å². The molecule has 0 bridgehead atoms. The molecule has 1 heterocycles. The fraction of sp³-hybridized carbons (Fsp3) is 0.615. The highest BCUT2D eigenvalue weighted by Crippen LogP contribution is 1.99. The molecule has 122 valence electrons. The van der Waals surface area contributed by atoms with Gasteiger partial charge in [-0.25, -0.2) is 8.42 Å². The van der Waals surface area contributed by atoms with Gasteiger partial charge in [-0.05, 0) is 25.0 Å². The molecule has 1 aromatic rings. The van der Waals surface area contributed by atoms with Crippen molar-refractivity contribution in [2.45, 2.75) is 25.9 Å². The lowest BCUT2D eigenvalue weighted by molar-refractivity contribution is 0.581. The van der Waals surface area contributed by atoms with Gasteiger partial charge in [-0.3, -0.25) is 4.99 Å². The van der Waals surface area contributed by atoms with Crippen molar-refractivity contribution in [3.8, 4) is 0 Å². The van der Waals surface area contributed by atoms with Crippen molar-refractivity contribution in [3.05, 3.63) is 24.0 Å². The van der Waals surface area contributed by atoms with Crippen LogP contribution in [0.3, 0.4) is 0 Å². The minimum atomic E-state index is -2.92. The van der Waals surface area contributed by atoms with E-state index < -0.39 is 9.84 Å². The van der Waals surface area contributed by atoms with E-state index >= 15 is 0 Å². The Hall–Kier alpha value is -0.770. The number of sulfone groups is 1. The van der Waals surface area contributed by atoms with Crippen LogP contribution in [0.2, 0.25) is 0 Å². The van der Waals surface area contributed by atoms with Crippen LogP contribution in [-0.4, -0.2) is 44.0 Å². The van der Waals surface area contributed by atoms with Gasteiger partial charge in [0, 0.05) is 45.3 Å². The summed E-state index contributed by atoms with van der Waals surface area (Å²) < 4.78 is 24.2. The number of hydrogen-bond acceptors (Lipinski definition) is 3. The fourth-order valence-corrected chi connectivity index (χ4v) is 2.52. The molecule has 1 atom stereocenters. The maximum atomic E-state index is 11.1. The minimum absolute atomic E-state index is 0. The maximum Gasteiger partial charge on any atom is 0.191 e. The second kappa shape index (κ2) is 9.29. The van der Waals surface area contributed by atoms with Gasteiger partial charge in [-0.2, -0.15) is 0 Å². The molecule has 0 fully saturated rings. The Morgan fingerprint density at radius 3 is 2.62 bits per heavy atom. The highest BCUT2D eigenvalue weighted by Gasteiger charge is 2.09. The first-order chi connectivity index (χ1) is 9.30. The third-order valence-corrected chi connectivity index (χ3v) is 3.86. The topological polar surface area (TPSA) is 75.5 Å². The van der Waals surface area contributed by atoms with Gasteiger partial charge in [0.15, 0.2) is 5.96 Å². The van der Waals surface area contributed by atoms with E-state index in [4.69, 9.17) is 0 Å². The van der Waals surface area contributed by atoms with Crippen LogP contribution in [0.5, 0.6) is 0 Å². The van der Waals surface area contributed by atoms with Crippen molar-refractivity contribution in [1.82, 2.24) is 15.2 Å². The summed E-state index contributed by atoms with van der Waals surface area (Å²) in [7, 11) is 0.757. The van der Waals surface area contributed by atoms with E-state index in [1.165, 1.54) is 11.8 Å². The second-order valence-electron chi connectivity index (χ2n) is 5.07. The lowest BCUT2D eigenvalue weighted by atomic mass is 10.2. The van der Waals surface area contributed by atoms with Gasteiger partial charge in [-0.15, -0.1) is 24.0 Å². The van der Waals surface area contributed by atoms with Crippen molar-refractivity contribution < 1.29 is 8.42 Å². The molecule has 0 aromatic carbocycles. The summed E-state index contributed by atoms with van der Waals surface area (Å²) in [5.41, 5.74) is 1.17. The molecule has 0 saturated heterocycles. The van der Waals surface area contributed by atoms with Crippen LogP contribution in [0.4, 0.5) is 0 Å². The summed E-state index contributed by atoms with van der Waals surface area (Å²) in [6.07, 6.45) is 5.84. The molecule has 0 spiro atoms. The largest absolute Gasteiger partial charge is 0.357 e. The SMILES string of the molecule is CN=C(NCc1ccn(C)c1)NC(C)CCS(C)(=O)=O.I. The van der Waals surface area contributed by atoms with Crippen molar-refractivity contribution in [3.63, 3.8) is 0 Å². The van der Waals surface area contributed by atoms with Gasteiger partial charge in [0.25, 0.3) is 0 Å². The quantitative estimate of drug-likeness (QED) is 0.405. The smallest absolute Gasteiger partial charge is 0.191 e. The number of hydrogen-bond donors (Lipinski definition) is 2. The molecule has 2 N–H and O–H groups in total. The van der Waals surface area contributed by atoms with Crippen LogP contribution in [0, 0.1) is 0 Å². The summed E-state index contributed by atoms with van der Waals surface area (Å²) >= 11 is 0. The number of aliphatic imine (C=N–C) groups is 1. The second-order valence-corrected chi connectivity index (χ2v) is 7.33. The number of nitrogens with one attached hydrogen (secondary N) is 2. The number of rotatable bonds is 6. The molecular formula is C13H25IN4O2S. The first-order valence-electron chi connectivity index (χ1n) is 6.56. The molecule has 21 heavy (non-hydrogen) atoms. The molecule has 0 aliphatic carbocycles. The van der Waals surface area contributed by atoms with Gasteiger partial charge in [0.1, 0.15) is 9.84 Å². The molecule has 1 aromatic heterocycles. The Labute approximate surface area is 144 Å². The summed E-state index contributed by atoms with van der Waals surface area (Å²) in [5, 5.41) is 6.39. The molecule has 1 unspecified atom stereocenters. The Bertz CT molecular complexity index is 554. The number of halogens is 1. The highest BCUT2D eigenvalue weighted by atomic mass is 127. The number of aromatic nitrogens is 1. The predicted octanol–water partition coefficient (Wildman–Crippen LogP) is 1.13. The Morgan fingerprint density at radius 2 is 2.14 bits per heavy atom. The number of guanidine groups is 1. The Morgan fingerprint density at radius 1 is 1.48 bits per heavy atom. The summed E-state index contributed by atoms with van der Waals surface area (Å²) in [5.74, 6) is 0.853. The average Bonchev–Trinajstić information content (AvgIpc) is 2.77. The van der Waals surface area contributed by atoms with Gasteiger partial charge in [0.05, 0.1) is 5.75 Å². The monoisotopic (exact) mass is 428 g/mol. The van der Waals surface area contributed by atoms with E-state index in [9.17, 15) is 8.42 Å². The van der Waals surface area contributed by atoms with Crippen LogP contribution >= 0.6 is 24.0 Å². The first-order valence-corrected chi connectivity index (χ1v) is 8.62. The van der Waals surface area contributed by atoms with Crippen LogP contribution in [0.25, 0.3) is 0 Å². The third kappa shape index (κ3) is 8.97. The fourth-order valence-electron chi connectivity index (χ4n) is 1.74. The summed E-state index contributed by atoms with van der Waals surface area (Å²) in [6.45, 7) is 2.62. The molecule has 1 rings (SSSR count). The molecule has 8 heteroatoms. The van der Waals surface area contributed by atoms with Gasteiger partial charge in [-0.1, -0.05) is 0 Å². The van der Waals surface area contributed by atoms with E-state index in [1.54, 1.807) is 7.05 Å². The normalized spacial score (nSPS) is 13.4. The van der Waals surface area contributed by atoms with Gasteiger partial charge < -0.3 is 15.2 Å². The first kappa shape index (κ1) is 20.2. The molecule has 0 radical (unpaired) electrons. The van der Waals surface area contributed by atoms with Crippen molar-refractivity contribution in [2.75, 3.05) is 19.1 Å². The van der Waals surface area contributed by atoms with Crippen molar-refractivity contribution in [2.24, 2.45) is 12.0 Å². The van der Waals surface area contributed by atoms with Crippen LogP contribution in [-0.2, 0) is 23.4 Å². The zero-order valence-corrected chi connectivity index (χ0v) is 16.1. The van der Waals surface area contributed by atoms with Crippen molar-refractivity contribution >= 4 is 39.8 Å². The van der Waals surface area contributed by atoms with Gasteiger partial charge >= 0.3 is 0 Å². The maximum absolute atomic E-state index is 11.1. The van der Waals surface area contributed by atoms with E-state index in [0.29, 0.717) is 18.9 Å². The number of aryl methyl sites for hydroxylation is 1. The lowest BCUT2D eigenvalue weighted by Gasteiger charge is -2.17. The molecule has 0 amide bonds. The molecule has 0 saturated carbocycles. The molecule has 0 aliphatic heterocycles. The van der Waals surface area contributed by atoms with E-state index in [-0.39, 0.29) is 35.8 Å². The molecule has 6 nitrogen and oxygen atoms in total. The van der Waals surface area contributed by atoms with E-state index in [2.05, 4.69) is 15.6 Å². The zero-order valence-electron chi connectivity index (χ0n) is 13.0. The standard InChI is InChI=1S/C13H24N4O2S.HI/c1-11(6-8-20(4,18)19)16-13(14-2)15-9-12-5-7-17(3)10-12;/h5,7,10-11H,6,8-9H2,1-4H3,(H2,14,15,16);1H. The van der Waals surface area contributed by atoms with Crippen molar-refractivity contribution in [1.29, 1.82) is 0 Å². The number of nitrogens with zero attached hydrogens (tertiary/aromatic N) is 2. The molecule has 0 aliphatic rings. The Kier molecular flexibility index (Phi) is 8.95. The summed E-state index contributed by atoms with van der Waals surface area (Å²) in [6, 6.07) is 2.08. The zero-order chi connectivity index (χ0) is 15.2. The average molecular weight is 428 g/mol. The lowest BCUT2D eigenvalue weighted by Crippen LogP contribution is -2.42.